The van der Waals surface area contributed by atoms with Crippen LogP contribution < -0.4 is 0 Å². The molecule has 124 valence electrons. The highest BCUT2D eigenvalue weighted by Crippen LogP contribution is 2.20. The number of benzene rings is 1. The van der Waals surface area contributed by atoms with Crippen LogP contribution in [0, 0.1) is 5.92 Å². The molecule has 0 radical (unpaired) electrons. The Kier molecular flexibility index (Phi) is 6.39. The molecule has 1 heterocycles. The van der Waals surface area contributed by atoms with E-state index in [1.165, 1.54) is 4.90 Å². The summed E-state index contributed by atoms with van der Waals surface area (Å²) in [6.45, 7) is 6.16. The summed E-state index contributed by atoms with van der Waals surface area (Å²) in [7, 11) is 0. The van der Waals surface area contributed by atoms with Crippen LogP contribution in [0.15, 0.2) is 43.0 Å². The fourth-order valence-electron chi connectivity index (χ4n) is 2.78. The Hall–Kier alpha value is -2.10. The molecule has 1 aromatic rings. The molecule has 1 aliphatic heterocycles. The molecule has 0 spiro atoms. The number of carbonyl (C=O) groups is 2. The molecule has 1 saturated heterocycles. The lowest BCUT2D eigenvalue weighted by molar-refractivity contribution is -0.129. The molecule has 2 atom stereocenters. The quantitative estimate of drug-likeness (QED) is 0.539. The zero-order valence-electron chi connectivity index (χ0n) is 13.7. The molecule has 1 aliphatic rings. The van der Waals surface area contributed by atoms with Gasteiger partial charge in [-0.2, -0.15) is 0 Å². The van der Waals surface area contributed by atoms with Gasteiger partial charge in [0.05, 0.1) is 6.04 Å². The predicted molar refractivity (Wildman–Crippen MR) is 90.0 cm³/mol. The molecule has 2 amide bonds. The molecule has 0 aromatic heterocycles. The van der Waals surface area contributed by atoms with Crippen molar-refractivity contribution in [2.24, 2.45) is 5.92 Å². The van der Waals surface area contributed by atoms with Crippen LogP contribution in [0.25, 0.3) is 0 Å². The normalized spacial score (nSPS) is 18.6. The highest BCUT2D eigenvalue weighted by Gasteiger charge is 2.37. The highest BCUT2D eigenvalue weighted by molar-refractivity contribution is 5.93. The molecule has 0 bridgehead atoms. The number of hydrogen-bond donors (Lipinski definition) is 0. The summed E-state index contributed by atoms with van der Waals surface area (Å²) in [5.41, 5.74) is 1.11. The van der Waals surface area contributed by atoms with Crippen molar-refractivity contribution < 1.29 is 14.3 Å². The second-order valence-electron chi connectivity index (χ2n) is 6.14. The summed E-state index contributed by atoms with van der Waals surface area (Å²) >= 11 is 0. The Labute approximate surface area is 138 Å². The van der Waals surface area contributed by atoms with E-state index >= 15 is 0 Å². The topological polar surface area (TPSA) is 46.6 Å². The zero-order valence-corrected chi connectivity index (χ0v) is 13.7. The SMILES string of the molecule is C=C[C@H](C)CCCCC(=O)N1C(=O)OC[C@@H]1Cc1ccccc1. The van der Waals surface area contributed by atoms with Crippen LogP contribution in [0.3, 0.4) is 0 Å². The Morgan fingerprint density at radius 3 is 2.83 bits per heavy atom. The van der Waals surface area contributed by atoms with Crippen LogP contribution in [0.1, 0.15) is 38.2 Å². The first kappa shape index (κ1) is 17.3. The molecule has 1 fully saturated rings. The molecule has 0 N–H and O–H groups in total. The van der Waals surface area contributed by atoms with E-state index in [4.69, 9.17) is 4.74 Å². The average Bonchev–Trinajstić information content (AvgIpc) is 2.92. The number of allylic oxidation sites excluding steroid dienone is 1. The van der Waals surface area contributed by atoms with Gasteiger partial charge in [-0.15, -0.1) is 6.58 Å². The lowest BCUT2D eigenvalue weighted by Gasteiger charge is -2.19. The Morgan fingerprint density at radius 2 is 2.13 bits per heavy atom. The Balaban J connectivity index is 1.86. The standard InChI is InChI=1S/C19H25NO3/c1-3-15(2)9-7-8-12-18(21)20-17(14-23-19(20)22)13-16-10-5-4-6-11-16/h3-6,10-11,15,17H,1,7-9,12-14H2,2H3/t15-,17-/m0/s1. The number of amides is 2. The van der Waals surface area contributed by atoms with Gasteiger partial charge in [-0.25, -0.2) is 9.69 Å². The van der Waals surface area contributed by atoms with Crippen molar-refractivity contribution in [1.29, 1.82) is 0 Å². The Bertz CT molecular complexity index is 541. The van der Waals surface area contributed by atoms with Gasteiger partial charge in [-0.3, -0.25) is 4.79 Å². The zero-order chi connectivity index (χ0) is 16.7. The molecular weight excluding hydrogens is 290 g/mol. The van der Waals surface area contributed by atoms with E-state index in [0.717, 1.165) is 24.8 Å². The van der Waals surface area contributed by atoms with Crippen LogP contribution in [0.4, 0.5) is 4.79 Å². The van der Waals surface area contributed by atoms with Crippen molar-refractivity contribution in [1.82, 2.24) is 4.90 Å². The van der Waals surface area contributed by atoms with E-state index < -0.39 is 6.09 Å². The van der Waals surface area contributed by atoms with Crippen molar-refractivity contribution in [3.05, 3.63) is 48.6 Å². The highest BCUT2D eigenvalue weighted by atomic mass is 16.6. The lowest BCUT2D eigenvalue weighted by atomic mass is 10.0. The molecule has 2 rings (SSSR count). The van der Waals surface area contributed by atoms with Crippen LogP contribution in [-0.2, 0) is 16.0 Å². The van der Waals surface area contributed by atoms with Crippen LogP contribution in [0.5, 0.6) is 0 Å². The van der Waals surface area contributed by atoms with Gasteiger partial charge in [-0.05, 0) is 30.7 Å². The summed E-state index contributed by atoms with van der Waals surface area (Å²) in [4.78, 5) is 25.6. The van der Waals surface area contributed by atoms with E-state index in [-0.39, 0.29) is 18.6 Å². The van der Waals surface area contributed by atoms with E-state index in [1.807, 2.05) is 36.4 Å². The molecular formula is C19H25NO3. The van der Waals surface area contributed by atoms with E-state index in [9.17, 15) is 9.59 Å². The third-order valence-electron chi connectivity index (χ3n) is 4.25. The third-order valence-corrected chi connectivity index (χ3v) is 4.25. The molecule has 4 heteroatoms. The fourth-order valence-corrected chi connectivity index (χ4v) is 2.78. The van der Waals surface area contributed by atoms with Crippen LogP contribution >= 0.6 is 0 Å². The summed E-state index contributed by atoms with van der Waals surface area (Å²) in [6.07, 6.45) is 5.24. The van der Waals surface area contributed by atoms with Gasteiger partial charge >= 0.3 is 6.09 Å². The van der Waals surface area contributed by atoms with E-state index in [0.29, 0.717) is 18.8 Å². The smallest absolute Gasteiger partial charge is 0.416 e. The minimum Gasteiger partial charge on any atom is -0.447 e. The molecule has 0 aliphatic carbocycles. The molecule has 1 aromatic carbocycles. The predicted octanol–water partition coefficient (Wildman–Crippen LogP) is 3.96. The van der Waals surface area contributed by atoms with Crippen molar-refractivity contribution >= 4 is 12.0 Å². The third kappa shape index (κ3) is 4.95. The van der Waals surface area contributed by atoms with Gasteiger partial charge in [0.1, 0.15) is 6.61 Å². The first-order valence-electron chi connectivity index (χ1n) is 8.27. The monoisotopic (exact) mass is 315 g/mol. The summed E-state index contributed by atoms with van der Waals surface area (Å²) < 4.78 is 5.09. The number of ether oxygens (including phenoxy) is 1. The number of hydrogen-bond acceptors (Lipinski definition) is 3. The number of cyclic esters (lactones) is 1. The van der Waals surface area contributed by atoms with E-state index in [1.54, 1.807) is 0 Å². The summed E-state index contributed by atoms with van der Waals surface area (Å²) in [5, 5.41) is 0. The van der Waals surface area contributed by atoms with Gasteiger partial charge in [0, 0.05) is 6.42 Å². The maximum atomic E-state index is 12.4. The van der Waals surface area contributed by atoms with E-state index in [2.05, 4.69) is 13.5 Å². The van der Waals surface area contributed by atoms with Gasteiger partial charge in [0.2, 0.25) is 5.91 Å². The molecule has 0 saturated carbocycles. The summed E-state index contributed by atoms with van der Waals surface area (Å²) in [6, 6.07) is 9.68. The van der Waals surface area contributed by atoms with Gasteiger partial charge in [-0.1, -0.05) is 49.8 Å². The number of unbranched alkanes of at least 4 members (excludes halogenated alkanes) is 1. The van der Waals surface area contributed by atoms with Crippen molar-refractivity contribution in [2.75, 3.05) is 6.61 Å². The molecule has 4 nitrogen and oxygen atoms in total. The maximum Gasteiger partial charge on any atom is 0.416 e. The second-order valence-corrected chi connectivity index (χ2v) is 6.14. The van der Waals surface area contributed by atoms with Crippen molar-refractivity contribution in [3.63, 3.8) is 0 Å². The number of carbonyl (C=O) groups excluding carboxylic acids is 2. The minimum absolute atomic E-state index is 0.125. The van der Waals surface area contributed by atoms with Crippen molar-refractivity contribution in [3.8, 4) is 0 Å². The number of imide groups is 1. The number of rotatable bonds is 8. The average molecular weight is 315 g/mol. The first-order chi connectivity index (χ1) is 11.1. The van der Waals surface area contributed by atoms with Crippen molar-refractivity contribution in [2.45, 2.75) is 45.1 Å². The molecule has 23 heavy (non-hydrogen) atoms. The van der Waals surface area contributed by atoms with Gasteiger partial charge < -0.3 is 4.74 Å². The second kappa shape index (κ2) is 8.51. The van der Waals surface area contributed by atoms with Gasteiger partial charge in [0.15, 0.2) is 0 Å². The maximum absolute atomic E-state index is 12.4. The first-order valence-corrected chi connectivity index (χ1v) is 8.27. The summed E-state index contributed by atoms with van der Waals surface area (Å²) in [5.74, 6) is 0.340. The minimum atomic E-state index is -0.504. The van der Waals surface area contributed by atoms with Crippen LogP contribution in [0.2, 0.25) is 0 Å². The van der Waals surface area contributed by atoms with Gasteiger partial charge in [0.25, 0.3) is 0 Å². The fraction of sp³-hybridized carbons (Fsp3) is 0.474. The van der Waals surface area contributed by atoms with Crippen LogP contribution in [-0.4, -0.2) is 29.5 Å². The molecule has 0 unspecified atom stereocenters. The largest absolute Gasteiger partial charge is 0.447 e. The Morgan fingerprint density at radius 1 is 1.39 bits per heavy atom. The lowest BCUT2D eigenvalue weighted by Crippen LogP contribution is -2.40. The number of nitrogens with zero attached hydrogens (tertiary/aromatic N) is 1.